The summed E-state index contributed by atoms with van der Waals surface area (Å²) in [6.07, 6.45) is 0. The molecule has 0 N–H and O–H groups in total. The Bertz CT molecular complexity index is 184. The molecule has 12 heavy (non-hydrogen) atoms. The molecule has 70 valence electrons. The van der Waals surface area contributed by atoms with Crippen LogP contribution in [0.4, 0.5) is 0 Å². The van der Waals surface area contributed by atoms with Gasteiger partial charge in [0.15, 0.2) is 5.88 Å². The van der Waals surface area contributed by atoms with Crippen molar-refractivity contribution in [3.63, 3.8) is 0 Å². The van der Waals surface area contributed by atoms with Crippen LogP contribution in [0.15, 0.2) is 12.5 Å². The molecule has 0 aromatic heterocycles. The fourth-order valence-electron chi connectivity index (χ4n) is 1.38. The zero-order valence-corrected chi connectivity index (χ0v) is 8.55. The predicted octanol–water partition coefficient (Wildman–Crippen LogP) is 2.22. The summed E-state index contributed by atoms with van der Waals surface area (Å²) in [5.41, 5.74) is 0.160. The van der Waals surface area contributed by atoms with Crippen molar-refractivity contribution in [1.29, 1.82) is 0 Å². The molecule has 1 fully saturated rings. The van der Waals surface area contributed by atoms with Gasteiger partial charge in [-0.3, -0.25) is 0 Å². The van der Waals surface area contributed by atoms with E-state index >= 15 is 0 Å². The van der Waals surface area contributed by atoms with E-state index in [0.29, 0.717) is 5.92 Å². The second kappa shape index (κ2) is 3.00. The molecule has 1 saturated heterocycles. The summed E-state index contributed by atoms with van der Waals surface area (Å²) in [6, 6.07) is 0. The molecular weight excluding hydrogens is 150 g/mol. The quantitative estimate of drug-likeness (QED) is 0.628. The fraction of sp³-hybridized carbons (Fsp3) is 0.800. The van der Waals surface area contributed by atoms with E-state index < -0.39 is 0 Å². The van der Waals surface area contributed by atoms with Gasteiger partial charge < -0.3 is 9.64 Å². The van der Waals surface area contributed by atoms with Crippen molar-refractivity contribution in [3.05, 3.63) is 12.5 Å². The first-order valence-corrected chi connectivity index (χ1v) is 4.55. The highest BCUT2D eigenvalue weighted by molar-refractivity contribution is 4.99. The Morgan fingerprint density at radius 3 is 2.42 bits per heavy atom. The van der Waals surface area contributed by atoms with E-state index in [1.165, 1.54) is 0 Å². The van der Waals surface area contributed by atoms with Gasteiger partial charge in [0.05, 0.1) is 6.54 Å². The summed E-state index contributed by atoms with van der Waals surface area (Å²) in [5, 5.41) is 0. The Hall–Kier alpha value is -0.660. The summed E-state index contributed by atoms with van der Waals surface area (Å²) in [6.45, 7) is 14.6. The highest BCUT2D eigenvalue weighted by Gasteiger charge is 2.34. The maximum Gasteiger partial charge on any atom is 0.182 e. The van der Waals surface area contributed by atoms with Crippen LogP contribution < -0.4 is 0 Å². The number of ether oxygens (including phenoxy) is 1. The zero-order valence-electron chi connectivity index (χ0n) is 8.55. The number of rotatable bonds is 2. The van der Waals surface area contributed by atoms with Crippen LogP contribution >= 0.6 is 0 Å². The summed E-state index contributed by atoms with van der Waals surface area (Å²) in [4.78, 5) is 2.25. The molecular formula is C10H19NO. The lowest BCUT2D eigenvalue weighted by Crippen LogP contribution is -2.45. The van der Waals surface area contributed by atoms with Crippen LogP contribution in [0.5, 0.6) is 0 Å². The van der Waals surface area contributed by atoms with E-state index in [1.807, 2.05) is 0 Å². The summed E-state index contributed by atoms with van der Waals surface area (Å²) < 4.78 is 5.33. The molecule has 1 rings (SSSR count). The molecule has 1 aliphatic rings. The SMILES string of the molecule is C=C1OCCN1C(C)(C)C(C)C. The second-order valence-electron chi connectivity index (χ2n) is 4.20. The lowest BCUT2D eigenvalue weighted by atomic mass is 9.89. The normalized spacial score (nSPS) is 18.8. The van der Waals surface area contributed by atoms with E-state index in [4.69, 9.17) is 4.74 Å². The van der Waals surface area contributed by atoms with Crippen molar-refractivity contribution < 1.29 is 4.74 Å². The smallest absolute Gasteiger partial charge is 0.182 e. The van der Waals surface area contributed by atoms with Crippen molar-refractivity contribution in [2.24, 2.45) is 5.92 Å². The van der Waals surface area contributed by atoms with E-state index in [0.717, 1.165) is 19.0 Å². The van der Waals surface area contributed by atoms with Crippen LogP contribution in [-0.2, 0) is 4.74 Å². The Morgan fingerprint density at radius 1 is 1.50 bits per heavy atom. The van der Waals surface area contributed by atoms with Gasteiger partial charge >= 0.3 is 0 Å². The van der Waals surface area contributed by atoms with E-state index in [1.54, 1.807) is 0 Å². The first kappa shape index (κ1) is 9.43. The van der Waals surface area contributed by atoms with Gasteiger partial charge in [-0.05, 0) is 26.3 Å². The third-order valence-electron chi connectivity index (χ3n) is 2.99. The Labute approximate surface area is 75.2 Å². The maximum absolute atomic E-state index is 5.33. The Balaban J connectivity index is 2.73. The van der Waals surface area contributed by atoms with Gasteiger partial charge in [0, 0.05) is 5.54 Å². The standard InChI is InChI=1S/C10H19NO/c1-8(2)10(4,5)11-6-7-12-9(11)3/h8H,3,6-7H2,1-2,4-5H3. The summed E-state index contributed by atoms with van der Waals surface area (Å²) in [7, 11) is 0. The van der Waals surface area contributed by atoms with Crippen LogP contribution in [0.3, 0.4) is 0 Å². The monoisotopic (exact) mass is 169 g/mol. The topological polar surface area (TPSA) is 12.5 Å². The fourth-order valence-corrected chi connectivity index (χ4v) is 1.38. The van der Waals surface area contributed by atoms with Crippen LogP contribution in [-0.4, -0.2) is 23.6 Å². The van der Waals surface area contributed by atoms with E-state index in [9.17, 15) is 0 Å². The highest BCUT2D eigenvalue weighted by atomic mass is 16.5. The molecule has 0 bridgehead atoms. The van der Waals surface area contributed by atoms with Crippen molar-refractivity contribution in [3.8, 4) is 0 Å². The molecule has 0 unspecified atom stereocenters. The molecule has 0 atom stereocenters. The minimum absolute atomic E-state index is 0.160. The average molecular weight is 169 g/mol. The molecule has 0 aromatic carbocycles. The van der Waals surface area contributed by atoms with Gasteiger partial charge in [-0.15, -0.1) is 0 Å². The zero-order chi connectivity index (χ0) is 9.35. The average Bonchev–Trinajstić information content (AvgIpc) is 2.35. The largest absolute Gasteiger partial charge is 0.478 e. The number of nitrogens with zero attached hydrogens (tertiary/aromatic N) is 1. The Morgan fingerprint density at radius 2 is 2.08 bits per heavy atom. The lowest BCUT2D eigenvalue weighted by molar-refractivity contribution is 0.110. The summed E-state index contributed by atoms with van der Waals surface area (Å²) >= 11 is 0. The first-order valence-electron chi connectivity index (χ1n) is 4.55. The van der Waals surface area contributed by atoms with Gasteiger partial charge in [0.25, 0.3) is 0 Å². The van der Waals surface area contributed by atoms with Crippen molar-refractivity contribution in [1.82, 2.24) is 4.90 Å². The second-order valence-corrected chi connectivity index (χ2v) is 4.20. The molecule has 2 nitrogen and oxygen atoms in total. The lowest BCUT2D eigenvalue weighted by Gasteiger charge is -2.39. The van der Waals surface area contributed by atoms with Crippen LogP contribution in [0.2, 0.25) is 0 Å². The minimum atomic E-state index is 0.160. The highest BCUT2D eigenvalue weighted by Crippen LogP contribution is 2.29. The van der Waals surface area contributed by atoms with Gasteiger partial charge in [0.1, 0.15) is 6.61 Å². The van der Waals surface area contributed by atoms with Gasteiger partial charge in [0.2, 0.25) is 0 Å². The van der Waals surface area contributed by atoms with Crippen LogP contribution in [0, 0.1) is 5.92 Å². The maximum atomic E-state index is 5.33. The van der Waals surface area contributed by atoms with Crippen molar-refractivity contribution in [2.45, 2.75) is 33.2 Å². The van der Waals surface area contributed by atoms with E-state index in [-0.39, 0.29) is 5.54 Å². The first-order chi connectivity index (χ1) is 5.46. The van der Waals surface area contributed by atoms with Gasteiger partial charge in [-0.2, -0.15) is 0 Å². The number of hydrogen-bond donors (Lipinski definition) is 0. The molecule has 0 amide bonds. The van der Waals surface area contributed by atoms with Crippen molar-refractivity contribution >= 4 is 0 Å². The molecule has 0 aliphatic carbocycles. The molecule has 1 heterocycles. The molecule has 0 spiro atoms. The molecule has 0 aromatic rings. The van der Waals surface area contributed by atoms with Crippen molar-refractivity contribution in [2.75, 3.05) is 13.2 Å². The molecule has 0 saturated carbocycles. The third kappa shape index (κ3) is 1.43. The molecule has 2 heteroatoms. The van der Waals surface area contributed by atoms with Gasteiger partial charge in [-0.25, -0.2) is 0 Å². The minimum Gasteiger partial charge on any atom is -0.478 e. The molecule has 0 radical (unpaired) electrons. The van der Waals surface area contributed by atoms with Crippen LogP contribution in [0.1, 0.15) is 27.7 Å². The number of hydrogen-bond acceptors (Lipinski definition) is 2. The van der Waals surface area contributed by atoms with E-state index in [2.05, 4.69) is 39.2 Å². The van der Waals surface area contributed by atoms with Gasteiger partial charge in [-0.1, -0.05) is 13.8 Å². The predicted molar refractivity (Wildman–Crippen MR) is 50.7 cm³/mol. The molecule has 1 aliphatic heterocycles. The van der Waals surface area contributed by atoms with Crippen LogP contribution in [0.25, 0.3) is 0 Å². The Kier molecular flexibility index (Phi) is 2.36. The summed E-state index contributed by atoms with van der Waals surface area (Å²) in [5.74, 6) is 1.43. The third-order valence-corrected chi connectivity index (χ3v) is 2.99.